The Hall–Kier alpha value is -0.610. The monoisotopic (exact) mass is 197 g/mol. The summed E-state index contributed by atoms with van der Waals surface area (Å²) in [5.74, 6) is 0.269. The Bertz CT molecular complexity index is 248. The highest BCUT2D eigenvalue weighted by atomic mass is 16.2. The largest absolute Gasteiger partial charge is 0.328 e. The molecule has 0 bridgehead atoms. The molecule has 1 heterocycles. The van der Waals surface area contributed by atoms with Gasteiger partial charge in [-0.25, -0.2) is 5.01 Å². The van der Waals surface area contributed by atoms with Crippen LogP contribution >= 0.6 is 0 Å². The Kier molecular flexibility index (Phi) is 2.27. The molecular weight excluding hydrogens is 178 g/mol. The molecule has 0 aromatic heterocycles. The first-order valence-corrected chi connectivity index (χ1v) is 5.35. The van der Waals surface area contributed by atoms with E-state index in [-0.39, 0.29) is 17.5 Å². The van der Waals surface area contributed by atoms with E-state index in [2.05, 4.69) is 5.01 Å². The van der Waals surface area contributed by atoms with Gasteiger partial charge in [0.1, 0.15) is 0 Å². The van der Waals surface area contributed by atoms with Crippen LogP contribution in [0.15, 0.2) is 0 Å². The van der Waals surface area contributed by atoms with Gasteiger partial charge in [0.25, 0.3) is 0 Å². The van der Waals surface area contributed by atoms with E-state index >= 15 is 0 Å². The highest BCUT2D eigenvalue weighted by molar-refractivity contribution is 5.80. The lowest BCUT2D eigenvalue weighted by Gasteiger charge is -2.28. The molecule has 0 aromatic rings. The Labute approximate surface area is 85.0 Å². The summed E-state index contributed by atoms with van der Waals surface area (Å²) in [5, 5.41) is 4.01. The predicted octanol–water partition coefficient (Wildman–Crippen LogP) is 0.335. The van der Waals surface area contributed by atoms with Crippen molar-refractivity contribution in [2.45, 2.75) is 44.2 Å². The topological polar surface area (TPSA) is 49.6 Å². The maximum Gasteiger partial charge on any atom is 0.238 e. The van der Waals surface area contributed by atoms with Crippen LogP contribution in [0.5, 0.6) is 0 Å². The molecular formula is C10H19N3O. The lowest BCUT2D eigenvalue weighted by Crippen LogP contribution is -2.42. The molecule has 1 amide bonds. The number of hydrogen-bond acceptors (Lipinski definition) is 3. The van der Waals surface area contributed by atoms with Crippen LogP contribution < -0.4 is 5.73 Å². The van der Waals surface area contributed by atoms with E-state index in [1.807, 2.05) is 19.0 Å². The number of carbonyl (C=O) groups is 1. The summed E-state index contributed by atoms with van der Waals surface area (Å²) in [7, 11) is 2.03. The number of nitrogens with zero attached hydrogens (tertiary/aromatic N) is 2. The molecule has 80 valence electrons. The van der Waals surface area contributed by atoms with E-state index in [1.165, 1.54) is 12.8 Å². The van der Waals surface area contributed by atoms with Gasteiger partial charge < -0.3 is 5.73 Å². The molecule has 1 saturated carbocycles. The van der Waals surface area contributed by atoms with Gasteiger partial charge in [0.2, 0.25) is 5.91 Å². The van der Waals surface area contributed by atoms with Crippen molar-refractivity contribution in [3.63, 3.8) is 0 Å². The third kappa shape index (κ3) is 1.53. The highest BCUT2D eigenvalue weighted by Gasteiger charge is 2.55. The summed E-state index contributed by atoms with van der Waals surface area (Å²) >= 11 is 0. The second-order valence-electron chi connectivity index (χ2n) is 4.71. The van der Waals surface area contributed by atoms with E-state index in [0.717, 1.165) is 13.0 Å². The normalized spacial score (nSPS) is 27.4. The molecule has 2 aliphatic rings. The van der Waals surface area contributed by atoms with Crippen molar-refractivity contribution in [3.05, 3.63) is 0 Å². The van der Waals surface area contributed by atoms with Crippen molar-refractivity contribution in [3.8, 4) is 0 Å². The maximum atomic E-state index is 11.7. The van der Waals surface area contributed by atoms with E-state index in [1.54, 1.807) is 0 Å². The van der Waals surface area contributed by atoms with Gasteiger partial charge >= 0.3 is 0 Å². The standard InChI is InChI=1S/C10H19N3O/c1-8(11)3-6-13-9(14)7-10(4-5-10)12(13)2/h8H,3-7,11H2,1-2H3. The van der Waals surface area contributed by atoms with Gasteiger partial charge in [0.05, 0.1) is 0 Å². The zero-order valence-corrected chi connectivity index (χ0v) is 8.99. The van der Waals surface area contributed by atoms with E-state index in [4.69, 9.17) is 5.73 Å². The molecule has 1 aliphatic carbocycles. The van der Waals surface area contributed by atoms with Gasteiger partial charge in [-0.05, 0) is 26.2 Å². The van der Waals surface area contributed by atoms with Crippen LogP contribution in [-0.2, 0) is 4.79 Å². The summed E-state index contributed by atoms with van der Waals surface area (Å²) in [5.41, 5.74) is 5.89. The number of nitrogens with two attached hydrogens (primary N) is 1. The third-order valence-corrected chi connectivity index (χ3v) is 3.44. The number of hydrogen-bond donors (Lipinski definition) is 1. The van der Waals surface area contributed by atoms with Gasteiger partial charge in [0.15, 0.2) is 0 Å². The zero-order valence-electron chi connectivity index (χ0n) is 8.99. The summed E-state index contributed by atoms with van der Waals surface area (Å²) in [4.78, 5) is 11.7. The molecule has 2 N–H and O–H groups in total. The summed E-state index contributed by atoms with van der Waals surface area (Å²) < 4.78 is 0. The van der Waals surface area contributed by atoms with Gasteiger partial charge in [-0.2, -0.15) is 0 Å². The van der Waals surface area contributed by atoms with Crippen molar-refractivity contribution in [1.29, 1.82) is 0 Å². The smallest absolute Gasteiger partial charge is 0.238 e. The number of amides is 1. The van der Waals surface area contributed by atoms with Crippen LogP contribution in [0.4, 0.5) is 0 Å². The molecule has 4 nitrogen and oxygen atoms in total. The molecule has 1 unspecified atom stereocenters. The summed E-state index contributed by atoms with van der Waals surface area (Å²) in [6.45, 7) is 2.75. The molecule has 0 aromatic carbocycles. The van der Waals surface area contributed by atoms with Gasteiger partial charge in [-0.1, -0.05) is 0 Å². The van der Waals surface area contributed by atoms with E-state index in [0.29, 0.717) is 6.42 Å². The molecule has 0 radical (unpaired) electrons. The average Bonchev–Trinajstić information content (AvgIpc) is 2.80. The molecule has 1 spiro atoms. The first kappa shape index (κ1) is 9.93. The zero-order chi connectivity index (χ0) is 10.3. The molecule has 1 saturated heterocycles. The Morgan fingerprint density at radius 2 is 2.21 bits per heavy atom. The minimum atomic E-state index is 0.173. The SMILES string of the molecule is CC(N)CCN1C(=O)CC2(CC2)N1C. The van der Waals surface area contributed by atoms with Crippen molar-refractivity contribution in [1.82, 2.24) is 10.0 Å². The Balaban J connectivity index is 1.94. The molecule has 2 fully saturated rings. The van der Waals surface area contributed by atoms with Gasteiger partial charge in [0, 0.05) is 31.6 Å². The Morgan fingerprint density at radius 3 is 2.64 bits per heavy atom. The molecule has 14 heavy (non-hydrogen) atoms. The van der Waals surface area contributed by atoms with Crippen LogP contribution in [0.25, 0.3) is 0 Å². The minimum absolute atomic E-state index is 0.173. The third-order valence-electron chi connectivity index (χ3n) is 3.44. The first-order chi connectivity index (χ1) is 6.55. The van der Waals surface area contributed by atoms with Crippen LogP contribution in [0, 0.1) is 0 Å². The quantitative estimate of drug-likeness (QED) is 0.709. The minimum Gasteiger partial charge on any atom is -0.328 e. The Morgan fingerprint density at radius 1 is 1.57 bits per heavy atom. The summed E-state index contributed by atoms with van der Waals surface area (Å²) in [6.07, 6.45) is 3.93. The second-order valence-corrected chi connectivity index (χ2v) is 4.71. The molecule has 2 rings (SSSR count). The molecule has 1 atom stereocenters. The maximum absolute atomic E-state index is 11.7. The first-order valence-electron chi connectivity index (χ1n) is 5.35. The van der Waals surface area contributed by atoms with Crippen molar-refractivity contribution in [2.75, 3.05) is 13.6 Å². The number of rotatable bonds is 3. The number of carbonyl (C=O) groups excluding carboxylic acids is 1. The fourth-order valence-corrected chi connectivity index (χ4v) is 2.16. The van der Waals surface area contributed by atoms with Crippen molar-refractivity contribution >= 4 is 5.91 Å². The summed E-state index contributed by atoms with van der Waals surface area (Å²) in [6, 6.07) is 0.173. The highest BCUT2D eigenvalue weighted by Crippen LogP contribution is 2.48. The van der Waals surface area contributed by atoms with Gasteiger partial charge in [-0.15, -0.1) is 0 Å². The van der Waals surface area contributed by atoms with Crippen LogP contribution in [0.2, 0.25) is 0 Å². The van der Waals surface area contributed by atoms with Crippen molar-refractivity contribution in [2.24, 2.45) is 5.73 Å². The van der Waals surface area contributed by atoms with Gasteiger partial charge in [-0.3, -0.25) is 9.80 Å². The van der Waals surface area contributed by atoms with E-state index < -0.39 is 0 Å². The second kappa shape index (κ2) is 3.21. The van der Waals surface area contributed by atoms with Crippen molar-refractivity contribution < 1.29 is 4.79 Å². The molecule has 1 aliphatic heterocycles. The van der Waals surface area contributed by atoms with Crippen LogP contribution in [0.3, 0.4) is 0 Å². The number of hydrazine groups is 1. The lowest BCUT2D eigenvalue weighted by atomic mass is 10.2. The van der Waals surface area contributed by atoms with E-state index in [9.17, 15) is 4.79 Å². The predicted molar refractivity (Wildman–Crippen MR) is 54.3 cm³/mol. The fourth-order valence-electron chi connectivity index (χ4n) is 2.16. The fraction of sp³-hybridized carbons (Fsp3) is 0.900. The average molecular weight is 197 g/mol. The van der Waals surface area contributed by atoms with Crippen LogP contribution in [0.1, 0.15) is 32.6 Å². The van der Waals surface area contributed by atoms with Crippen LogP contribution in [-0.4, -0.2) is 41.1 Å². The molecule has 4 heteroatoms. The lowest BCUT2D eigenvalue weighted by molar-refractivity contribution is -0.137.